The molecule has 2 saturated heterocycles. The summed E-state index contributed by atoms with van der Waals surface area (Å²) < 4.78 is 0. The smallest absolute Gasteiger partial charge is 0.223 e. The van der Waals surface area contributed by atoms with E-state index in [0.29, 0.717) is 18.2 Å². The summed E-state index contributed by atoms with van der Waals surface area (Å²) in [6.45, 7) is 11.4. The Hall–Kier alpha value is -0.870. The highest BCUT2D eigenvalue weighted by Crippen LogP contribution is 2.18. The molecule has 2 aliphatic rings. The minimum atomic E-state index is 0.304. The van der Waals surface area contributed by atoms with Gasteiger partial charge in [-0.25, -0.2) is 0 Å². The van der Waals surface area contributed by atoms with Gasteiger partial charge in [-0.3, -0.25) is 4.79 Å². The van der Waals surface area contributed by atoms with Crippen molar-refractivity contribution in [2.45, 2.75) is 12.8 Å². The fourth-order valence-corrected chi connectivity index (χ4v) is 2.73. The van der Waals surface area contributed by atoms with Crippen LogP contribution in [-0.2, 0) is 4.79 Å². The molecule has 0 saturated carbocycles. The van der Waals surface area contributed by atoms with Crippen LogP contribution < -0.4 is 0 Å². The molecule has 1 atom stereocenters. The summed E-state index contributed by atoms with van der Waals surface area (Å²) in [5.74, 6) is 0.680. The van der Waals surface area contributed by atoms with Crippen molar-refractivity contribution in [3.05, 3.63) is 12.7 Å². The summed E-state index contributed by atoms with van der Waals surface area (Å²) in [5.41, 5.74) is 0. The van der Waals surface area contributed by atoms with Crippen molar-refractivity contribution < 1.29 is 4.79 Å². The first kappa shape index (κ1) is 13.6. The van der Waals surface area contributed by atoms with E-state index in [1.54, 1.807) is 0 Å². The zero-order chi connectivity index (χ0) is 13.0. The molecule has 0 bridgehead atoms. The van der Waals surface area contributed by atoms with Crippen LogP contribution in [0.5, 0.6) is 0 Å². The molecule has 4 nitrogen and oxygen atoms in total. The van der Waals surface area contributed by atoms with Gasteiger partial charge in [0.15, 0.2) is 0 Å². The Morgan fingerprint density at radius 2 is 2.00 bits per heavy atom. The van der Waals surface area contributed by atoms with Crippen LogP contribution in [0.1, 0.15) is 12.8 Å². The summed E-state index contributed by atoms with van der Waals surface area (Å²) in [6.07, 6.45) is 3.68. The second kappa shape index (κ2) is 6.34. The van der Waals surface area contributed by atoms with Crippen LogP contribution in [0.4, 0.5) is 0 Å². The summed E-state index contributed by atoms with van der Waals surface area (Å²) in [5, 5.41) is 0. The first-order valence-corrected chi connectivity index (χ1v) is 7.00. The molecule has 0 aromatic rings. The Balaban J connectivity index is 1.63. The van der Waals surface area contributed by atoms with Crippen LogP contribution >= 0.6 is 0 Å². The number of likely N-dealkylation sites (N-methyl/N-ethyl adjacent to an activating group) is 1. The third-order valence-electron chi connectivity index (χ3n) is 4.08. The Kier molecular flexibility index (Phi) is 4.78. The van der Waals surface area contributed by atoms with Crippen molar-refractivity contribution >= 4 is 5.91 Å². The summed E-state index contributed by atoms with van der Waals surface area (Å²) in [6, 6.07) is 0. The summed E-state index contributed by atoms with van der Waals surface area (Å²) >= 11 is 0. The number of amides is 1. The van der Waals surface area contributed by atoms with E-state index in [-0.39, 0.29) is 0 Å². The molecule has 2 aliphatic heterocycles. The fraction of sp³-hybridized carbons (Fsp3) is 0.786. The van der Waals surface area contributed by atoms with E-state index in [9.17, 15) is 4.79 Å². The second-order valence-electron chi connectivity index (χ2n) is 5.54. The quantitative estimate of drug-likeness (QED) is 0.672. The maximum absolute atomic E-state index is 11.7. The Bertz CT molecular complexity index is 297. The van der Waals surface area contributed by atoms with Gasteiger partial charge in [0.2, 0.25) is 5.91 Å². The highest BCUT2D eigenvalue weighted by atomic mass is 16.2. The van der Waals surface area contributed by atoms with Gasteiger partial charge in [0.05, 0.1) is 0 Å². The monoisotopic (exact) mass is 251 g/mol. The number of rotatable bonds is 5. The number of piperazine rings is 1. The predicted molar refractivity (Wildman–Crippen MR) is 73.4 cm³/mol. The van der Waals surface area contributed by atoms with E-state index >= 15 is 0 Å². The van der Waals surface area contributed by atoms with Gasteiger partial charge in [-0.2, -0.15) is 0 Å². The lowest BCUT2D eigenvalue weighted by Gasteiger charge is -2.32. The van der Waals surface area contributed by atoms with E-state index in [2.05, 4.69) is 23.4 Å². The SMILES string of the molecule is C=CC1CC(=O)N(CCCN2CCN(C)CC2)C1. The van der Waals surface area contributed by atoms with Crippen molar-refractivity contribution in [3.63, 3.8) is 0 Å². The summed E-state index contributed by atoms with van der Waals surface area (Å²) in [7, 11) is 2.18. The number of carbonyl (C=O) groups is 1. The lowest BCUT2D eigenvalue weighted by atomic mass is 10.1. The predicted octanol–water partition coefficient (Wildman–Crippen LogP) is 0.658. The molecule has 1 unspecified atom stereocenters. The van der Waals surface area contributed by atoms with E-state index in [0.717, 1.165) is 26.1 Å². The average molecular weight is 251 g/mol. The second-order valence-corrected chi connectivity index (χ2v) is 5.54. The van der Waals surface area contributed by atoms with Crippen molar-refractivity contribution in [2.24, 2.45) is 5.92 Å². The van der Waals surface area contributed by atoms with E-state index in [4.69, 9.17) is 0 Å². The van der Waals surface area contributed by atoms with Crippen LogP contribution in [0, 0.1) is 5.92 Å². The highest BCUT2D eigenvalue weighted by Gasteiger charge is 2.27. The molecule has 0 aromatic heterocycles. The van der Waals surface area contributed by atoms with Crippen molar-refractivity contribution in [1.29, 1.82) is 0 Å². The molecule has 102 valence electrons. The molecule has 2 rings (SSSR count). The largest absolute Gasteiger partial charge is 0.342 e. The topological polar surface area (TPSA) is 26.8 Å². The van der Waals surface area contributed by atoms with Gasteiger partial charge in [0.1, 0.15) is 0 Å². The Morgan fingerprint density at radius 1 is 1.28 bits per heavy atom. The molecule has 0 aliphatic carbocycles. The molecule has 2 heterocycles. The van der Waals surface area contributed by atoms with Crippen molar-refractivity contribution in [2.75, 3.05) is 52.9 Å². The maximum Gasteiger partial charge on any atom is 0.223 e. The highest BCUT2D eigenvalue weighted by molar-refractivity contribution is 5.78. The molecule has 1 amide bonds. The van der Waals surface area contributed by atoms with Crippen LogP contribution in [-0.4, -0.2) is 73.5 Å². The molecule has 18 heavy (non-hydrogen) atoms. The first-order valence-electron chi connectivity index (χ1n) is 7.00. The van der Waals surface area contributed by atoms with Gasteiger partial charge in [0.25, 0.3) is 0 Å². The number of hydrogen-bond donors (Lipinski definition) is 0. The van der Waals surface area contributed by atoms with Crippen molar-refractivity contribution in [3.8, 4) is 0 Å². The van der Waals surface area contributed by atoms with E-state index < -0.39 is 0 Å². The number of nitrogens with zero attached hydrogens (tertiary/aromatic N) is 3. The van der Waals surface area contributed by atoms with Gasteiger partial charge >= 0.3 is 0 Å². The van der Waals surface area contributed by atoms with Crippen LogP contribution in [0.15, 0.2) is 12.7 Å². The normalized spacial score (nSPS) is 26.8. The number of likely N-dealkylation sites (tertiary alicyclic amines) is 1. The van der Waals surface area contributed by atoms with Gasteiger partial charge in [-0.1, -0.05) is 6.08 Å². The van der Waals surface area contributed by atoms with Gasteiger partial charge in [0, 0.05) is 51.6 Å². The average Bonchev–Trinajstić information content (AvgIpc) is 2.73. The molecule has 0 radical (unpaired) electrons. The van der Waals surface area contributed by atoms with E-state index in [1.807, 2.05) is 11.0 Å². The van der Waals surface area contributed by atoms with Gasteiger partial charge in [-0.05, 0) is 20.0 Å². The zero-order valence-corrected chi connectivity index (χ0v) is 11.5. The number of hydrogen-bond acceptors (Lipinski definition) is 3. The molecule has 4 heteroatoms. The molecular weight excluding hydrogens is 226 g/mol. The maximum atomic E-state index is 11.7. The van der Waals surface area contributed by atoms with Crippen LogP contribution in [0.25, 0.3) is 0 Å². The molecule has 0 aromatic carbocycles. The standard InChI is InChI=1S/C14H25N3O/c1-3-13-11-14(18)17(12-13)6-4-5-16-9-7-15(2)8-10-16/h3,13H,1,4-12H2,2H3. The zero-order valence-electron chi connectivity index (χ0n) is 11.5. The molecule has 2 fully saturated rings. The minimum absolute atomic E-state index is 0.304. The molecule has 0 spiro atoms. The third-order valence-corrected chi connectivity index (χ3v) is 4.08. The van der Waals surface area contributed by atoms with Crippen LogP contribution in [0.2, 0.25) is 0 Å². The minimum Gasteiger partial charge on any atom is -0.342 e. The van der Waals surface area contributed by atoms with Gasteiger partial charge in [-0.15, -0.1) is 6.58 Å². The van der Waals surface area contributed by atoms with E-state index in [1.165, 1.54) is 26.2 Å². The lowest BCUT2D eigenvalue weighted by Crippen LogP contribution is -2.45. The Labute approximate surface area is 110 Å². The Morgan fingerprint density at radius 3 is 2.61 bits per heavy atom. The third kappa shape index (κ3) is 3.56. The summed E-state index contributed by atoms with van der Waals surface area (Å²) in [4.78, 5) is 18.6. The number of carbonyl (C=O) groups excluding carboxylic acids is 1. The lowest BCUT2D eigenvalue weighted by molar-refractivity contribution is -0.127. The molecule has 0 N–H and O–H groups in total. The van der Waals surface area contributed by atoms with Crippen LogP contribution in [0.3, 0.4) is 0 Å². The molecular formula is C14H25N3O. The van der Waals surface area contributed by atoms with Gasteiger partial charge < -0.3 is 14.7 Å². The first-order chi connectivity index (χ1) is 8.69. The fourth-order valence-electron chi connectivity index (χ4n) is 2.73. The van der Waals surface area contributed by atoms with Crippen molar-refractivity contribution in [1.82, 2.24) is 14.7 Å².